The van der Waals surface area contributed by atoms with Crippen LogP contribution in [0.1, 0.15) is 33.8 Å². The molecule has 0 spiro atoms. The van der Waals surface area contributed by atoms with Crippen LogP contribution in [0.15, 0.2) is 23.3 Å². The molecule has 2 aromatic heterocycles. The lowest BCUT2D eigenvalue weighted by atomic mass is 10.0. The van der Waals surface area contributed by atoms with Crippen LogP contribution in [0.3, 0.4) is 0 Å². The fourth-order valence-electron chi connectivity index (χ4n) is 2.16. The minimum absolute atomic E-state index is 0.107. The molecule has 1 aliphatic carbocycles. The molecule has 0 radical (unpaired) electrons. The Morgan fingerprint density at radius 3 is 3.00 bits per heavy atom. The van der Waals surface area contributed by atoms with Gasteiger partial charge in [-0.3, -0.25) is 14.9 Å². The maximum atomic E-state index is 12.0. The van der Waals surface area contributed by atoms with Gasteiger partial charge in [0.25, 0.3) is 5.91 Å². The fraction of sp³-hybridized carbons (Fsp3) is 0.308. The number of amides is 1. The van der Waals surface area contributed by atoms with Crippen molar-refractivity contribution < 1.29 is 4.79 Å². The maximum Gasteiger partial charge on any atom is 0.262 e. The summed E-state index contributed by atoms with van der Waals surface area (Å²) >= 11 is 1.51. The Balaban J connectivity index is 1.82. The SMILES string of the molecule is O=C(Nc1nc2c(s1)CCCC2)c1c[nH]ccc1=O. The van der Waals surface area contributed by atoms with Crippen LogP contribution < -0.4 is 10.7 Å². The second kappa shape index (κ2) is 4.97. The molecule has 0 fully saturated rings. The predicted octanol–water partition coefficient (Wildman–Crippen LogP) is 1.96. The minimum Gasteiger partial charge on any atom is -0.367 e. The molecule has 1 amide bonds. The highest BCUT2D eigenvalue weighted by Gasteiger charge is 2.17. The van der Waals surface area contributed by atoms with Crippen molar-refractivity contribution in [2.24, 2.45) is 0 Å². The van der Waals surface area contributed by atoms with Crippen molar-refractivity contribution in [3.05, 3.63) is 44.8 Å². The fourth-order valence-corrected chi connectivity index (χ4v) is 3.21. The van der Waals surface area contributed by atoms with Crippen molar-refractivity contribution in [3.63, 3.8) is 0 Å². The van der Waals surface area contributed by atoms with E-state index in [-0.39, 0.29) is 11.0 Å². The Bertz CT molecular complexity index is 651. The third kappa shape index (κ3) is 2.44. The highest BCUT2D eigenvalue weighted by atomic mass is 32.1. The summed E-state index contributed by atoms with van der Waals surface area (Å²) in [4.78, 5) is 31.9. The lowest BCUT2D eigenvalue weighted by molar-refractivity contribution is 0.102. The average molecular weight is 275 g/mol. The number of pyridine rings is 1. The second-order valence-corrected chi connectivity index (χ2v) is 5.56. The number of carbonyl (C=O) groups excluding carboxylic acids is 1. The second-order valence-electron chi connectivity index (χ2n) is 4.47. The lowest BCUT2D eigenvalue weighted by Crippen LogP contribution is -2.20. The summed E-state index contributed by atoms with van der Waals surface area (Å²) in [5.41, 5.74) is 0.904. The lowest BCUT2D eigenvalue weighted by Gasteiger charge is -2.06. The molecule has 2 heterocycles. The van der Waals surface area contributed by atoms with Gasteiger partial charge in [0, 0.05) is 23.3 Å². The largest absolute Gasteiger partial charge is 0.367 e. The minimum atomic E-state index is -0.409. The molecule has 3 rings (SSSR count). The van der Waals surface area contributed by atoms with E-state index in [1.54, 1.807) is 0 Å². The molecule has 0 saturated carbocycles. The van der Waals surface area contributed by atoms with Crippen LogP contribution in [0, 0.1) is 0 Å². The van der Waals surface area contributed by atoms with Gasteiger partial charge in [-0.1, -0.05) is 0 Å². The van der Waals surface area contributed by atoms with Gasteiger partial charge in [-0.2, -0.15) is 0 Å². The number of fused-ring (bicyclic) bond motifs is 1. The van der Waals surface area contributed by atoms with Gasteiger partial charge in [0.1, 0.15) is 5.56 Å². The predicted molar refractivity (Wildman–Crippen MR) is 73.8 cm³/mol. The number of anilines is 1. The van der Waals surface area contributed by atoms with Crippen molar-refractivity contribution in [1.82, 2.24) is 9.97 Å². The molecule has 1 aliphatic rings. The third-order valence-electron chi connectivity index (χ3n) is 3.13. The molecule has 0 aromatic carbocycles. The van der Waals surface area contributed by atoms with E-state index in [1.807, 2.05) is 0 Å². The maximum absolute atomic E-state index is 12.0. The zero-order valence-electron chi connectivity index (χ0n) is 10.2. The quantitative estimate of drug-likeness (QED) is 0.879. The smallest absolute Gasteiger partial charge is 0.262 e. The highest BCUT2D eigenvalue weighted by molar-refractivity contribution is 7.15. The van der Waals surface area contributed by atoms with E-state index < -0.39 is 5.91 Å². The van der Waals surface area contributed by atoms with Crippen LogP contribution in [0.2, 0.25) is 0 Å². The van der Waals surface area contributed by atoms with E-state index in [0.717, 1.165) is 25.0 Å². The number of hydrogen-bond acceptors (Lipinski definition) is 4. The Hall–Kier alpha value is -1.95. The van der Waals surface area contributed by atoms with Crippen LogP contribution in [0.4, 0.5) is 5.13 Å². The topological polar surface area (TPSA) is 74.8 Å². The average Bonchev–Trinajstić information content (AvgIpc) is 2.81. The van der Waals surface area contributed by atoms with Gasteiger partial charge in [-0.15, -0.1) is 11.3 Å². The summed E-state index contributed by atoms with van der Waals surface area (Å²) in [6, 6.07) is 1.34. The Labute approximate surface area is 113 Å². The van der Waals surface area contributed by atoms with Crippen LogP contribution in [-0.4, -0.2) is 15.9 Å². The first kappa shape index (κ1) is 12.1. The van der Waals surface area contributed by atoms with Gasteiger partial charge in [-0.05, 0) is 25.7 Å². The van der Waals surface area contributed by atoms with E-state index in [9.17, 15) is 9.59 Å². The number of aromatic amines is 1. The van der Waals surface area contributed by atoms with Gasteiger partial charge >= 0.3 is 0 Å². The Kier molecular flexibility index (Phi) is 3.16. The zero-order valence-corrected chi connectivity index (χ0v) is 11.0. The van der Waals surface area contributed by atoms with E-state index in [2.05, 4.69) is 15.3 Å². The van der Waals surface area contributed by atoms with Crippen LogP contribution in [0.25, 0.3) is 0 Å². The highest BCUT2D eigenvalue weighted by Crippen LogP contribution is 2.29. The summed E-state index contributed by atoms with van der Waals surface area (Å²) in [6.45, 7) is 0. The van der Waals surface area contributed by atoms with Crippen molar-refractivity contribution in [2.45, 2.75) is 25.7 Å². The van der Waals surface area contributed by atoms with E-state index >= 15 is 0 Å². The van der Waals surface area contributed by atoms with Crippen LogP contribution >= 0.6 is 11.3 Å². The number of nitrogens with zero attached hydrogens (tertiary/aromatic N) is 1. The van der Waals surface area contributed by atoms with E-state index in [1.165, 1.54) is 41.1 Å². The standard InChI is InChI=1S/C13H13N3O2S/c17-10-5-6-14-7-8(10)12(18)16-13-15-9-3-1-2-4-11(9)19-13/h5-7H,1-4H2,(H,14,17)(H,15,16,18). The number of carbonyl (C=O) groups is 1. The number of H-pyrrole nitrogens is 1. The molecular weight excluding hydrogens is 262 g/mol. The molecule has 0 atom stereocenters. The first-order chi connectivity index (χ1) is 9.24. The summed E-state index contributed by atoms with van der Waals surface area (Å²) in [7, 11) is 0. The molecule has 0 bridgehead atoms. The number of hydrogen-bond donors (Lipinski definition) is 2. The number of rotatable bonds is 2. The third-order valence-corrected chi connectivity index (χ3v) is 4.21. The van der Waals surface area contributed by atoms with Crippen molar-refractivity contribution in [3.8, 4) is 0 Å². The summed E-state index contributed by atoms with van der Waals surface area (Å²) in [5, 5.41) is 3.29. The van der Waals surface area contributed by atoms with Gasteiger partial charge in [0.15, 0.2) is 10.6 Å². The normalized spacial score (nSPS) is 13.9. The van der Waals surface area contributed by atoms with Crippen molar-refractivity contribution >= 4 is 22.4 Å². The van der Waals surface area contributed by atoms with Crippen molar-refractivity contribution in [2.75, 3.05) is 5.32 Å². The molecule has 0 saturated heterocycles. The van der Waals surface area contributed by atoms with Crippen LogP contribution in [-0.2, 0) is 12.8 Å². The number of aryl methyl sites for hydroxylation is 2. The monoisotopic (exact) mass is 275 g/mol. The molecular formula is C13H13N3O2S. The molecule has 2 aromatic rings. The summed E-state index contributed by atoms with van der Waals surface area (Å²) in [6.07, 6.45) is 7.26. The summed E-state index contributed by atoms with van der Waals surface area (Å²) in [5.74, 6) is -0.409. The van der Waals surface area contributed by atoms with Crippen molar-refractivity contribution in [1.29, 1.82) is 0 Å². The Morgan fingerprint density at radius 2 is 2.21 bits per heavy atom. The molecule has 0 aliphatic heterocycles. The first-order valence-electron chi connectivity index (χ1n) is 6.21. The Morgan fingerprint density at radius 1 is 1.37 bits per heavy atom. The van der Waals surface area contributed by atoms with Gasteiger partial charge in [-0.25, -0.2) is 4.98 Å². The van der Waals surface area contributed by atoms with Gasteiger partial charge in [0.05, 0.1) is 5.69 Å². The van der Waals surface area contributed by atoms with E-state index in [0.29, 0.717) is 5.13 Å². The number of thiazole rings is 1. The van der Waals surface area contributed by atoms with Gasteiger partial charge in [0.2, 0.25) is 0 Å². The molecule has 5 nitrogen and oxygen atoms in total. The first-order valence-corrected chi connectivity index (χ1v) is 7.03. The van der Waals surface area contributed by atoms with Crippen LogP contribution in [0.5, 0.6) is 0 Å². The molecule has 6 heteroatoms. The number of nitrogens with one attached hydrogen (secondary N) is 2. The number of aromatic nitrogens is 2. The van der Waals surface area contributed by atoms with E-state index in [4.69, 9.17) is 0 Å². The molecule has 19 heavy (non-hydrogen) atoms. The zero-order chi connectivity index (χ0) is 13.2. The molecule has 2 N–H and O–H groups in total. The molecule has 0 unspecified atom stereocenters. The van der Waals surface area contributed by atoms with Gasteiger partial charge < -0.3 is 4.98 Å². The summed E-state index contributed by atoms with van der Waals surface area (Å²) < 4.78 is 0. The molecule has 98 valence electrons.